The topological polar surface area (TPSA) is 9.86 Å². The van der Waals surface area contributed by atoms with Crippen LogP contribution in [0.1, 0.15) is 0 Å². The van der Waals surface area contributed by atoms with Gasteiger partial charge in [0.15, 0.2) is 0 Å². The molecule has 0 spiro atoms. The first-order chi connectivity index (χ1) is 25.3. The van der Waals surface area contributed by atoms with Crippen LogP contribution in [0, 0.1) is 0 Å². The Morgan fingerprint density at radius 1 is 0.333 bits per heavy atom. The molecule has 0 saturated heterocycles. The van der Waals surface area contributed by atoms with E-state index < -0.39 is 0 Å². The van der Waals surface area contributed by atoms with Crippen LogP contribution in [0.3, 0.4) is 0 Å². The van der Waals surface area contributed by atoms with Gasteiger partial charge in [0.05, 0.1) is 0 Å². The van der Waals surface area contributed by atoms with Gasteiger partial charge in [-0.15, -0.1) is 0 Å². The van der Waals surface area contributed by atoms with Crippen LogP contribution in [0.2, 0.25) is 0 Å². The summed E-state index contributed by atoms with van der Waals surface area (Å²) in [6.45, 7) is 0. The van der Waals surface area contributed by atoms with Gasteiger partial charge in [0.2, 0.25) is 0 Å². The van der Waals surface area contributed by atoms with Crippen LogP contribution in [0.4, 0.5) is 0 Å². The maximum absolute atomic E-state index is 2.58. The zero-order valence-electron chi connectivity index (χ0n) is 27.6. The number of para-hydroxylation sites is 3. The fraction of sp³-hybridized carbons (Fsp3) is 0. The predicted molar refractivity (Wildman–Crippen MR) is 218 cm³/mol. The van der Waals surface area contributed by atoms with Crippen LogP contribution in [0.15, 0.2) is 182 Å². The van der Waals surface area contributed by atoms with E-state index in [1.54, 1.807) is 0 Å². The Balaban J connectivity index is 1.31. The van der Waals surface area contributed by atoms with Crippen molar-refractivity contribution in [3.63, 3.8) is 0 Å². The van der Waals surface area contributed by atoms with Crippen LogP contribution in [0.5, 0.6) is 0 Å². The van der Waals surface area contributed by atoms with Crippen molar-refractivity contribution in [1.29, 1.82) is 0 Å². The molecule has 3 heterocycles. The van der Waals surface area contributed by atoms with E-state index in [4.69, 9.17) is 0 Å². The molecule has 8 aromatic carbocycles. The Morgan fingerprint density at radius 2 is 0.882 bits per heavy atom. The molecule has 11 aromatic rings. The van der Waals surface area contributed by atoms with Gasteiger partial charge in [-0.05, 0) is 0 Å². The molecule has 0 aliphatic carbocycles. The number of hydrogen-bond acceptors (Lipinski definition) is 0. The molecule has 0 aliphatic rings. The van der Waals surface area contributed by atoms with E-state index in [9.17, 15) is 0 Å². The summed E-state index contributed by atoms with van der Waals surface area (Å²) in [5.74, 6) is 0. The zero-order chi connectivity index (χ0) is 33.5. The summed E-state index contributed by atoms with van der Waals surface area (Å²) in [7, 11) is 0. The summed E-state index contributed by atoms with van der Waals surface area (Å²) in [5.41, 5.74) is 12.2. The molecular weight excluding hydrogens is 684 g/mol. The standard InChI is InChI=1S/C48H30N2Se/c1-2-14-31(15-3-1)33-16-4-5-17-34(33)39-28-29-46-47(40-21-9-13-25-45(40)51-46)48(39)50-43-24-12-8-20-37(43)38-27-26-32(30-44(38)50)49-41-22-10-6-18-35(41)36-19-7-11-23-42(36)49/h1-30H. The molecule has 51 heavy (non-hydrogen) atoms. The van der Waals surface area contributed by atoms with Gasteiger partial charge in [-0.3, -0.25) is 0 Å². The molecule has 0 aliphatic heterocycles. The summed E-state index contributed by atoms with van der Waals surface area (Å²) < 4.78 is 7.90. The van der Waals surface area contributed by atoms with Crippen molar-refractivity contribution >= 4 is 77.4 Å². The average molecular weight is 714 g/mol. The van der Waals surface area contributed by atoms with E-state index in [0.717, 1.165) is 5.69 Å². The van der Waals surface area contributed by atoms with Crippen molar-refractivity contribution in [3.8, 4) is 33.6 Å². The third-order valence-electron chi connectivity index (χ3n) is 10.5. The Morgan fingerprint density at radius 3 is 1.59 bits per heavy atom. The SMILES string of the molecule is c1ccc(-c2ccccc2-c2ccc3[se]c4ccccc4c3c2-n2c3ccccc3c3ccc(-n4c5ccccc5c5ccccc54)cc32)cc1. The van der Waals surface area contributed by atoms with E-state index in [0.29, 0.717) is 0 Å². The number of rotatable bonds is 4. The van der Waals surface area contributed by atoms with Crippen molar-refractivity contribution in [3.05, 3.63) is 182 Å². The number of benzene rings is 8. The minimum absolute atomic E-state index is 0.227. The molecule has 0 saturated carbocycles. The van der Waals surface area contributed by atoms with Gasteiger partial charge >= 0.3 is 302 Å². The Bertz CT molecular complexity index is 3090. The van der Waals surface area contributed by atoms with Crippen LogP contribution >= 0.6 is 0 Å². The second-order valence-electron chi connectivity index (χ2n) is 13.3. The van der Waals surface area contributed by atoms with E-state index >= 15 is 0 Å². The van der Waals surface area contributed by atoms with E-state index in [-0.39, 0.29) is 14.5 Å². The first-order valence-electron chi connectivity index (χ1n) is 17.4. The molecule has 0 unspecified atom stereocenters. The van der Waals surface area contributed by atoms with Gasteiger partial charge in [0.25, 0.3) is 0 Å². The molecule has 0 bridgehead atoms. The molecule has 0 atom stereocenters. The molecule has 0 radical (unpaired) electrons. The van der Waals surface area contributed by atoms with Gasteiger partial charge < -0.3 is 0 Å². The third-order valence-corrected chi connectivity index (χ3v) is 12.9. The molecule has 0 amide bonds. The number of nitrogens with zero attached hydrogens (tertiary/aromatic N) is 2. The Labute approximate surface area is 300 Å². The third kappa shape index (κ3) is 4.23. The van der Waals surface area contributed by atoms with Crippen LogP contribution < -0.4 is 0 Å². The summed E-state index contributed by atoms with van der Waals surface area (Å²) in [4.78, 5) is 0. The second kappa shape index (κ2) is 11.2. The van der Waals surface area contributed by atoms with Gasteiger partial charge in [0.1, 0.15) is 0 Å². The minimum atomic E-state index is 0.227. The molecule has 3 aromatic heterocycles. The quantitative estimate of drug-likeness (QED) is 0.161. The zero-order valence-corrected chi connectivity index (χ0v) is 29.3. The van der Waals surface area contributed by atoms with Crippen LogP contribution in [0.25, 0.3) is 96.5 Å². The molecule has 0 fully saturated rings. The van der Waals surface area contributed by atoms with Gasteiger partial charge in [-0.25, -0.2) is 0 Å². The average Bonchev–Trinajstić information content (AvgIpc) is 3.85. The van der Waals surface area contributed by atoms with E-state index in [1.807, 2.05) is 0 Å². The summed E-state index contributed by atoms with van der Waals surface area (Å²) >= 11 is 0.227. The molecule has 238 valence electrons. The van der Waals surface area contributed by atoms with Crippen molar-refractivity contribution in [1.82, 2.24) is 9.13 Å². The number of fused-ring (bicyclic) bond motifs is 9. The van der Waals surface area contributed by atoms with E-state index in [1.165, 1.54) is 90.8 Å². The monoisotopic (exact) mass is 714 g/mol. The molecule has 3 heteroatoms. The summed E-state index contributed by atoms with van der Waals surface area (Å²) in [6.07, 6.45) is 0. The van der Waals surface area contributed by atoms with Crippen molar-refractivity contribution in [2.45, 2.75) is 0 Å². The Kier molecular flexibility index (Phi) is 6.30. The first kappa shape index (κ1) is 28.7. The van der Waals surface area contributed by atoms with Gasteiger partial charge in [-0.2, -0.15) is 0 Å². The van der Waals surface area contributed by atoms with Crippen LogP contribution in [-0.4, -0.2) is 23.6 Å². The number of aromatic nitrogens is 2. The normalized spacial score (nSPS) is 11.9. The Hall–Kier alpha value is -6.12. The molecule has 11 rings (SSSR count). The fourth-order valence-electron chi connectivity index (χ4n) is 8.38. The van der Waals surface area contributed by atoms with Crippen molar-refractivity contribution in [2.24, 2.45) is 0 Å². The number of hydrogen-bond donors (Lipinski definition) is 0. The summed E-state index contributed by atoms with van der Waals surface area (Å²) in [6, 6.07) is 67.1. The van der Waals surface area contributed by atoms with Crippen LogP contribution in [-0.2, 0) is 0 Å². The van der Waals surface area contributed by atoms with Crippen molar-refractivity contribution in [2.75, 3.05) is 0 Å². The molecule has 0 N–H and O–H groups in total. The van der Waals surface area contributed by atoms with E-state index in [2.05, 4.69) is 191 Å². The van der Waals surface area contributed by atoms with Gasteiger partial charge in [-0.1, -0.05) is 0 Å². The molecule has 2 nitrogen and oxygen atoms in total. The second-order valence-corrected chi connectivity index (χ2v) is 15.5. The fourth-order valence-corrected chi connectivity index (χ4v) is 10.7. The van der Waals surface area contributed by atoms with Crippen molar-refractivity contribution < 1.29 is 0 Å². The predicted octanol–water partition coefficient (Wildman–Crippen LogP) is 12.6. The first-order valence-corrected chi connectivity index (χ1v) is 19.2. The molecular formula is C48H30N2Se. The summed E-state index contributed by atoms with van der Waals surface area (Å²) in [5, 5.41) is 7.77. The maximum atomic E-state index is 2.58. The van der Waals surface area contributed by atoms with Gasteiger partial charge in [0, 0.05) is 0 Å².